The van der Waals surface area contributed by atoms with E-state index in [0.717, 1.165) is 87.6 Å². The summed E-state index contributed by atoms with van der Waals surface area (Å²) >= 11 is 0. The van der Waals surface area contributed by atoms with Crippen LogP contribution >= 0.6 is 0 Å². The molecular weight excluding hydrogens is 1540 g/mol. The molecule has 0 amide bonds. The van der Waals surface area contributed by atoms with Crippen molar-refractivity contribution in [2.24, 2.45) is 0 Å². The number of rotatable bonds is 10. The van der Waals surface area contributed by atoms with Crippen molar-refractivity contribution in [3.63, 3.8) is 0 Å². The summed E-state index contributed by atoms with van der Waals surface area (Å²) in [6.45, 7) is 0. The van der Waals surface area contributed by atoms with E-state index < -0.39 is 72.5 Å². The van der Waals surface area contributed by atoms with Gasteiger partial charge in [0.1, 0.15) is 33.5 Å². The molecule has 26 rings (SSSR count). The molecule has 3 nitrogen and oxygen atoms in total. The molecule has 0 radical (unpaired) electrons. The van der Waals surface area contributed by atoms with Gasteiger partial charge in [-0.3, -0.25) is 0 Å². The second kappa shape index (κ2) is 31.3. The molecule has 0 unspecified atom stereocenters. The molecule has 23 aromatic carbocycles. The molecule has 3 heteroatoms. The minimum Gasteiger partial charge on any atom is -0.456 e. The highest BCUT2D eigenvalue weighted by molar-refractivity contribution is 6.26. The maximum Gasteiger partial charge on any atom is 0.135 e. The first-order valence-electron chi connectivity index (χ1n) is 53.6. The van der Waals surface area contributed by atoms with Crippen molar-refractivity contribution in [3.05, 3.63) is 473 Å². The van der Waals surface area contributed by atoms with E-state index in [1.54, 1.807) is 36.4 Å². The van der Waals surface area contributed by atoms with Crippen LogP contribution in [0.2, 0.25) is 0 Å². The number of hydrogen-bond donors (Lipinski definition) is 0. The van der Waals surface area contributed by atoms with Gasteiger partial charge in [-0.15, -0.1) is 0 Å². The van der Waals surface area contributed by atoms with Crippen molar-refractivity contribution in [3.8, 4) is 111 Å². The molecular formula is C124H78O3. The van der Waals surface area contributed by atoms with Crippen LogP contribution in [0.4, 0.5) is 0 Å². The Morgan fingerprint density at radius 1 is 0.126 bits per heavy atom. The van der Waals surface area contributed by atoms with Gasteiger partial charge in [0, 0.05) is 32.3 Å². The molecule has 0 N–H and O–H groups in total. The standard InChI is InChI=1S/C44H28O.C42H26O.C38H24O/c1-2-10-29(11-3-1)30-18-20-31(21-19-30)32-22-24-33(25-23-32)43-36-13-4-6-15-38(36)44(39-16-7-5-14-37(39)43)34-26-27-42-40(28-34)35-12-8-9-17-41(35)45-42;1-2-10-27(11-3-1)28-18-19-30-25-31(21-20-29(30)24-28)41-34-13-4-6-15-36(34)42(37-16-7-5-14-35(37)41)32-22-23-40-38(26-32)33-12-8-9-17-39(33)43-40;1-2-11-25(12-3-1)26-13-10-14-27(23-26)37-30-16-4-6-18-32(30)38(33-19-7-5-17-31(33)37)28-21-22-36-34(24-28)29-15-8-9-20-35(29)39-36/h1-28H;1-26H;1-24H/i2*4D,5D,6D,7D,13D,14D,15D,16D;4D,5D,6D,7D,16D,17D,18D,19D. The van der Waals surface area contributed by atoms with Gasteiger partial charge < -0.3 is 13.3 Å². The van der Waals surface area contributed by atoms with Crippen LogP contribution in [0.25, 0.3) is 252 Å². The van der Waals surface area contributed by atoms with E-state index in [9.17, 15) is 16.4 Å². The molecule has 3 aromatic heterocycles. The Labute approximate surface area is 767 Å². The van der Waals surface area contributed by atoms with Crippen LogP contribution in [0.5, 0.6) is 0 Å². The molecule has 0 saturated heterocycles. The summed E-state index contributed by atoms with van der Waals surface area (Å²) in [7, 11) is 0. The largest absolute Gasteiger partial charge is 0.456 e. The van der Waals surface area contributed by atoms with E-state index in [1.807, 2.05) is 261 Å². The summed E-state index contributed by atoms with van der Waals surface area (Å²) in [5.41, 5.74) is 17.1. The Kier molecular flexibility index (Phi) is 13.1. The Morgan fingerprint density at radius 3 is 0.646 bits per heavy atom. The van der Waals surface area contributed by atoms with Crippen LogP contribution in [0, 0.1) is 0 Å². The monoisotopic (exact) mass is 1640 g/mol. The first-order valence-corrected chi connectivity index (χ1v) is 41.6. The molecule has 0 aliphatic carbocycles. The van der Waals surface area contributed by atoms with Crippen molar-refractivity contribution in [1.29, 1.82) is 0 Å². The maximum absolute atomic E-state index is 9.27. The van der Waals surface area contributed by atoms with E-state index in [2.05, 4.69) is 30.3 Å². The number of furan rings is 3. The molecule has 0 saturated carbocycles. The van der Waals surface area contributed by atoms with Gasteiger partial charge in [0.2, 0.25) is 0 Å². The van der Waals surface area contributed by atoms with Gasteiger partial charge in [-0.05, 0) is 259 Å². The van der Waals surface area contributed by atoms with Crippen LogP contribution in [0.3, 0.4) is 0 Å². The fourth-order valence-electron chi connectivity index (χ4n) is 18.3. The van der Waals surface area contributed by atoms with E-state index in [0.29, 0.717) is 100 Å². The molecule has 0 aliphatic rings. The van der Waals surface area contributed by atoms with Gasteiger partial charge in [0.25, 0.3) is 0 Å². The molecule has 0 aliphatic heterocycles. The van der Waals surface area contributed by atoms with E-state index in [-0.39, 0.29) is 137 Å². The SMILES string of the molecule is [2H]c1c([2H])c([2H])c2c(-c3ccc4oc5ccccc5c4c3)c3c([2H])c([2H])c([2H])c([2H])c3c(-c3ccc(-c4ccc(-c5ccccc5)cc4)cc3)c2c1[2H].[2H]c1c([2H])c([2H])c2c(-c3ccc4oc5ccccc5c4c3)c3c([2H])c([2H])c([2H])c([2H])c3c(-c3ccc4cc(-c5ccccc5)ccc4c3)c2c1[2H].[2H]c1c([2H])c([2H])c2c(-c3ccc4oc5ccccc5c4c3)c3c([2H])c([2H])c([2H])c([2H])c3c(-c3cccc(-c4ccccc4)c3)c2c1[2H]. The number of benzene rings is 23. The lowest BCUT2D eigenvalue weighted by atomic mass is 9.85. The average Bonchev–Trinajstić information content (AvgIpc) is 1.16. The second-order valence-electron chi connectivity index (χ2n) is 31.3. The Bertz CT molecular complexity index is 10100. The molecule has 0 bridgehead atoms. The first-order chi connectivity index (χ1) is 72.9. The van der Waals surface area contributed by atoms with Gasteiger partial charge in [-0.2, -0.15) is 0 Å². The van der Waals surface area contributed by atoms with Gasteiger partial charge >= 0.3 is 0 Å². The Morgan fingerprint density at radius 2 is 0.323 bits per heavy atom. The summed E-state index contributed by atoms with van der Waals surface area (Å²) in [5, 5.41) is 8.91. The highest BCUT2D eigenvalue weighted by Crippen LogP contribution is 2.51. The van der Waals surface area contributed by atoms with Crippen LogP contribution in [0.15, 0.2) is 486 Å². The lowest BCUT2D eigenvalue weighted by Crippen LogP contribution is -1.91. The molecule has 3 heterocycles. The van der Waals surface area contributed by atoms with E-state index >= 15 is 0 Å². The van der Waals surface area contributed by atoms with Crippen molar-refractivity contribution in [2.45, 2.75) is 0 Å². The fraction of sp³-hybridized carbons (Fsp3) is 0. The van der Waals surface area contributed by atoms with Crippen molar-refractivity contribution < 1.29 is 46.1 Å². The zero-order valence-corrected chi connectivity index (χ0v) is 67.4. The number of fused-ring (bicyclic) bond motifs is 16. The van der Waals surface area contributed by atoms with Crippen LogP contribution in [0.1, 0.15) is 32.9 Å². The van der Waals surface area contributed by atoms with Gasteiger partial charge in [-0.25, -0.2) is 0 Å². The minimum absolute atomic E-state index is 0.177. The summed E-state index contributed by atoms with van der Waals surface area (Å²) in [5.74, 6) is 0. The average molecular weight is 1640 g/mol. The number of hydrogen-bond acceptors (Lipinski definition) is 3. The van der Waals surface area contributed by atoms with Crippen molar-refractivity contribution in [1.82, 2.24) is 0 Å². The topological polar surface area (TPSA) is 39.4 Å². The van der Waals surface area contributed by atoms with Crippen LogP contribution in [-0.4, -0.2) is 0 Å². The van der Waals surface area contributed by atoms with Crippen LogP contribution in [-0.2, 0) is 0 Å². The van der Waals surface area contributed by atoms with Gasteiger partial charge in [-0.1, -0.05) is 400 Å². The molecule has 0 spiro atoms. The lowest BCUT2D eigenvalue weighted by molar-refractivity contribution is 0.668. The molecule has 127 heavy (non-hydrogen) atoms. The summed E-state index contributed by atoms with van der Waals surface area (Å²) < 4.78 is 234. The zero-order valence-electron chi connectivity index (χ0n) is 91.4. The Balaban J connectivity index is 0.000000121. The predicted octanol–water partition coefficient (Wildman–Crippen LogP) is 35.5. The highest BCUT2D eigenvalue weighted by atomic mass is 16.3. The van der Waals surface area contributed by atoms with Gasteiger partial charge in [0.05, 0.1) is 32.9 Å². The molecule has 26 aromatic rings. The van der Waals surface area contributed by atoms with Crippen molar-refractivity contribution in [2.75, 3.05) is 0 Å². The highest BCUT2D eigenvalue weighted by Gasteiger charge is 2.24. The van der Waals surface area contributed by atoms with Crippen molar-refractivity contribution >= 4 is 141 Å². The number of para-hydroxylation sites is 3. The predicted molar refractivity (Wildman–Crippen MR) is 538 cm³/mol. The smallest absolute Gasteiger partial charge is 0.135 e. The third-order valence-electron chi connectivity index (χ3n) is 24.1. The summed E-state index contributed by atoms with van der Waals surface area (Å²) in [6, 6.07) is 95.4. The fourth-order valence-corrected chi connectivity index (χ4v) is 18.3. The Hall–Kier alpha value is -16.7. The van der Waals surface area contributed by atoms with Crippen LogP contribution < -0.4 is 0 Å². The lowest BCUT2D eigenvalue weighted by Gasteiger charge is -2.18. The molecule has 0 atom stereocenters. The normalized spacial score (nSPS) is 14.3. The maximum atomic E-state index is 9.27. The zero-order chi connectivity index (χ0) is 105. The van der Waals surface area contributed by atoms with E-state index in [4.69, 9.17) is 29.7 Å². The third-order valence-corrected chi connectivity index (χ3v) is 24.1. The second-order valence-corrected chi connectivity index (χ2v) is 31.3. The quantitative estimate of drug-likeness (QED) is 0.128. The summed E-state index contributed by atoms with van der Waals surface area (Å²) in [6.07, 6.45) is 0. The first kappa shape index (κ1) is 53.2. The third kappa shape index (κ3) is 13.1. The minimum atomic E-state index is -0.431. The van der Waals surface area contributed by atoms with Gasteiger partial charge in [0.15, 0.2) is 0 Å². The molecule has 0 fully saturated rings. The molecule has 592 valence electrons. The summed E-state index contributed by atoms with van der Waals surface area (Å²) in [4.78, 5) is 0. The van der Waals surface area contributed by atoms with E-state index in [1.165, 1.54) is 0 Å².